The van der Waals surface area contributed by atoms with Gasteiger partial charge in [-0.25, -0.2) is 9.18 Å². The van der Waals surface area contributed by atoms with E-state index in [1.165, 1.54) is 6.07 Å². The molecule has 3 heterocycles. The highest BCUT2D eigenvalue weighted by molar-refractivity contribution is 5.82. The Morgan fingerprint density at radius 2 is 2.03 bits per heavy atom. The number of benzene rings is 2. The van der Waals surface area contributed by atoms with Gasteiger partial charge in [0.15, 0.2) is 5.58 Å². The molecule has 2 aromatic carbocycles. The number of oxazole rings is 1. The van der Waals surface area contributed by atoms with E-state index < -0.39 is 23.7 Å². The number of ether oxygens (including phenoxy) is 2. The van der Waals surface area contributed by atoms with E-state index in [9.17, 15) is 14.9 Å². The molecule has 0 bridgehead atoms. The summed E-state index contributed by atoms with van der Waals surface area (Å²) in [5.74, 6) is -1.32. The van der Waals surface area contributed by atoms with Gasteiger partial charge >= 0.3 is 5.76 Å². The molecule has 0 saturated carbocycles. The second-order valence-electron chi connectivity index (χ2n) is 9.06. The summed E-state index contributed by atoms with van der Waals surface area (Å²) in [6.45, 7) is 2.70. The number of hydrogen-bond acceptors (Lipinski definition) is 7. The topological polar surface area (TPSA) is 119 Å². The number of fused-ring (bicyclic) bond motifs is 1. The zero-order chi connectivity index (χ0) is 25.1. The summed E-state index contributed by atoms with van der Waals surface area (Å²) in [4.78, 5) is 24.8. The lowest BCUT2D eigenvalue weighted by Gasteiger charge is -2.26. The first-order valence-corrected chi connectivity index (χ1v) is 12.1. The van der Waals surface area contributed by atoms with Gasteiger partial charge in [-0.05, 0) is 54.3 Å². The molecule has 1 aromatic heterocycles. The van der Waals surface area contributed by atoms with Crippen LogP contribution in [0.15, 0.2) is 45.6 Å². The van der Waals surface area contributed by atoms with Crippen LogP contribution in [0.25, 0.3) is 22.2 Å². The molecule has 188 valence electrons. The van der Waals surface area contributed by atoms with E-state index in [0.717, 1.165) is 24.9 Å². The molecular formula is C26H27FN4O5. The molecule has 9 nitrogen and oxygen atoms in total. The summed E-state index contributed by atoms with van der Waals surface area (Å²) in [5.41, 5.74) is 2.74. The fourth-order valence-corrected chi connectivity index (χ4v) is 4.44. The molecule has 5 rings (SSSR count). The Kier molecular flexibility index (Phi) is 7.13. The Hall–Kier alpha value is -3.52. The molecule has 2 N–H and O–H groups in total. The molecule has 2 fully saturated rings. The average molecular weight is 495 g/mol. The van der Waals surface area contributed by atoms with Gasteiger partial charge in [0.1, 0.15) is 18.0 Å². The smallest absolute Gasteiger partial charge is 0.408 e. The second-order valence-corrected chi connectivity index (χ2v) is 9.06. The lowest BCUT2D eigenvalue weighted by Crippen LogP contribution is -2.46. The van der Waals surface area contributed by atoms with Crippen molar-refractivity contribution in [1.29, 1.82) is 5.26 Å². The number of nitriles is 1. The molecule has 1 unspecified atom stereocenters. The van der Waals surface area contributed by atoms with Crippen molar-refractivity contribution < 1.29 is 23.1 Å². The van der Waals surface area contributed by atoms with Crippen molar-refractivity contribution in [3.05, 3.63) is 58.3 Å². The Morgan fingerprint density at radius 1 is 1.22 bits per heavy atom. The number of carbonyl (C=O) groups excluding carboxylic acids is 1. The van der Waals surface area contributed by atoms with E-state index >= 15 is 4.39 Å². The first-order valence-electron chi connectivity index (χ1n) is 12.1. The van der Waals surface area contributed by atoms with Gasteiger partial charge in [-0.15, -0.1) is 0 Å². The van der Waals surface area contributed by atoms with E-state index in [4.69, 9.17) is 13.9 Å². The van der Waals surface area contributed by atoms with Crippen molar-refractivity contribution in [3.63, 3.8) is 0 Å². The monoisotopic (exact) mass is 494 g/mol. The predicted octanol–water partition coefficient (Wildman–Crippen LogP) is 2.12. The Labute approximate surface area is 206 Å². The number of halogens is 1. The maximum Gasteiger partial charge on any atom is 0.420 e. The van der Waals surface area contributed by atoms with Crippen molar-refractivity contribution in [2.75, 3.05) is 26.3 Å². The molecule has 1 amide bonds. The average Bonchev–Trinajstić information content (AvgIpc) is 3.00. The van der Waals surface area contributed by atoms with Crippen LogP contribution in [0, 0.1) is 17.1 Å². The highest BCUT2D eigenvalue weighted by Gasteiger charge is 2.24. The van der Waals surface area contributed by atoms with Crippen molar-refractivity contribution in [2.45, 2.75) is 44.1 Å². The summed E-state index contributed by atoms with van der Waals surface area (Å²) in [6.07, 6.45) is 1.03. The van der Waals surface area contributed by atoms with Crippen LogP contribution < -0.4 is 16.4 Å². The minimum absolute atomic E-state index is 0.0113. The first-order chi connectivity index (χ1) is 17.5. The van der Waals surface area contributed by atoms with Gasteiger partial charge in [0, 0.05) is 26.2 Å². The van der Waals surface area contributed by atoms with Gasteiger partial charge in [-0.1, -0.05) is 18.2 Å². The molecular weight excluding hydrogens is 467 g/mol. The molecule has 2 saturated heterocycles. The molecule has 3 atom stereocenters. The maximum atomic E-state index is 15.1. The lowest BCUT2D eigenvalue weighted by molar-refractivity contribution is -0.132. The van der Waals surface area contributed by atoms with E-state index in [-0.39, 0.29) is 18.4 Å². The highest BCUT2D eigenvalue weighted by Crippen LogP contribution is 2.27. The van der Waals surface area contributed by atoms with Crippen LogP contribution in [-0.2, 0) is 27.2 Å². The third-order valence-electron chi connectivity index (χ3n) is 6.57. The van der Waals surface area contributed by atoms with Crippen LogP contribution in [0.1, 0.15) is 18.4 Å². The van der Waals surface area contributed by atoms with E-state index in [2.05, 4.69) is 10.6 Å². The van der Waals surface area contributed by atoms with E-state index in [0.29, 0.717) is 48.5 Å². The number of nitrogens with zero attached hydrogens (tertiary/aromatic N) is 2. The SMILES string of the molecule is N#C[C@H](Cc1ccc(-c2ccc3oc(=O)n(CC4CCO4)c3c2)cc1F)NC(=O)[C@@H]1CNCCCO1. The normalized spacial score (nSPS) is 20.8. The number of hydrogen-bond donors (Lipinski definition) is 2. The highest BCUT2D eigenvalue weighted by atomic mass is 19.1. The summed E-state index contributed by atoms with van der Waals surface area (Å²) in [6, 6.07) is 11.2. The largest absolute Gasteiger partial charge is 0.420 e. The minimum atomic E-state index is -0.893. The molecule has 0 radical (unpaired) electrons. The van der Waals surface area contributed by atoms with Gasteiger partial charge in [-0.3, -0.25) is 9.36 Å². The number of nitrogens with one attached hydrogen (secondary N) is 2. The second kappa shape index (κ2) is 10.6. The predicted molar refractivity (Wildman–Crippen MR) is 129 cm³/mol. The van der Waals surface area contributed by atoms with Crippen molar-refractivity contribution in [1.82, 2.24) is 15.2 Å². The molecule has 0 spiro atoms. The fraction of sp³-hybridized carbons (Fsp3) is 0.423. The molecule has 0 aliphatic carbocycles. The third kappa shape index (κ3) is 5.18. The molecule has 2 aliphatic rings. The number of amides is 1. The standard InChI is InChI=1S/C26H27FN4O5/c27-21-11-16(17-4-5-23-22(12-17)31(26(33)36-23)15-20-6-9-34-20)2-3-18(21)10-19(13-28)30-25(32)24-14-29-7-1-8-35-24/h2-5,11-12,19-20,24,29H,1,6-10,14-15H2,(H,30,32)/t19-,20?,24-/m0/s1. The van der Waals surface area contributed by atoms with Crippen LogP contribution >= 0.6 is 0 Å². The fourth-order valence-electron chi connectivity index (χ4n) is 4.44. The molecule has 36 heavy (non-hydrogen) atoms. The van der Waals surface area contributed by atoms with Crippen LogP contribution in [0.4, 0.5) is 4.39 Å². The third-order valence-corrected chi connectivity index (χ3v) is 6.57. The summed E-state index contributed by atoms with van der Waals surface area (Å²) >= 11 is 0. The van der Waals surface area contributed by atoms with Crippen LogP contribution in [0.3, 0.4) is 0 Å². The van der Waals surface area contributed by atoms with Gasteiger partial charge in [0.05, 0.1) is 24.2 Å². The molecule has 2 aliphatic heterocycles. The maximum absolute atomic E-state index is 15.1. The zero-order valence-electron chi connectivity index (χ0n) is 19.7. The quantitative estimate of drug-likeness (QED) is 0.517. The lowest BCUT2D eigenvalue weighted by atomic mass is 9.99. The van der Waals surface area contributed by atoms with Gasteiger partial charge in [0.2, 0.25) is 0 Å². The van der Waals surface area contributed by atoms with Crippen molar-refractivity contribution in [2.24, 2.45) is 0 Å². The molecule has 3 aromatic rings. The summed E-state index contributed by atoms with van der Waals surface area (Å²) < 4.78 is 32.9. The van der Waals surface area contributed by atoms with Crippen LogP contribution in [-0.4, -0.2) is 55.0 Å². The van der Waals surface area contributed by atoms with Crippen LogP contribution in [0.5, 0.6) is 0 Å². The van der Waals surface area contributed by atoms with Gasteiger partial charge in [0.25, 0.3) is 5.91 Å². The Balaban J connectivity index is 1.31. The minimum Gasteiger partial charge on any atom is -0.408 e. The van der Waals surface area contributed by atoms with Crippen molar-refractivity contribution >= 4 is 17.0 Å². The van der Waals surface area contributed by atoms with Crippen molar-refractivity contribution in [3.8, 4) is 17.2 Å². The summed E-state index contributed by atoms with van der Waals surface area (Å²) in [5, 5.41) is 15.3. The zero-order valence-corrected chi connectivity index (χ0v) is 19.7. The number of aromatic nitrogens is 1. The summed E-state index contributed by atoms with van der Waals surface area (Å²) in [7, 11) is 0. The van der Waals surface area contributed by atoms with E-state index in [1.807, 2.05) is 6.07 Å². The van der Waals surface area contributed by atoms with Crippen LogP contribution in [0.2, 0.25) is 0 Å². The Bertz CT molecular complexity index is 1350. The number of rotatable bonds is 7. The van der Waals surface area contributed by atoms with Gasteiger partial charge < -0.3 is 24.5 Å². The molecule has 10 heteroatoms. The number of carbonyl (C=O) groups is 1. The van der Waals surface area contributed by atoms with Gasteiger partial charge in [-0.2, -0.15) is 5.26 Å². The first kappa shape index (κ1) is 24.2. The Morgan fingerprint density at radius 3 is 2.78 bits per heavy atom. The van der Waals surface area contributed by atoms with E-state index in [1.54, 1.807) is 34.9 Å².